The van der Waals surface area contributed by atoms with Crippen LogP contribution in [0.4, 0.5) is 5.69 Å². The maximum absolute atomic E-state index is 11.9. The number of carbonyl (C=O) groups excluding carboxylic acids is 1. The van der Waals surface area contributed by atoms with Gasteiger partial charge in [-0.3, -0.25) is 14.9 Å². The van der Waals surface area contributed by atoms with Crippen molar-refractivity contribution in [1.82, 2.24) is 9.88 Å². The fraction of sp³-hybridized carbons (Fsp3) is 0.545. The van der Waals surface area contributed by atoms with Crippen molar-refractivity contribution in [2.24, 2.45) is 0 Å². The average molecular weight is 271 g/mol. The minimum Gasteiger partial charge on any atom is -0.394 e. The van der Waals surface area contributed by atoms with E-state index in [1.54, 1.807) is 0 Å². The molecule has 0 atom stereocenters. The molecule has 0 aromatic carbocycles. The molecule has 1 rings (SSSR count). The first-order chi connectivity index (χ1) is 9.03. The molecule has 0 aliphatic carbocycles. The van der Waals surface area contributed by atoms with Crippen LogP contribution in [0, 0.1) is 10.1 Å². The monoisotopic (exact) mass is 271 g/mol. The Labute approximate surface area is 109 Å². The van der Waals surface area contributed by atoms with E-state index >= 15 is 0 Å². The van der Waals surface area contributed by atoms with Gasteiger partial charge in [-0.2, -0.15) is 0 Å². The van der Waals surface area contributed by atoms with Crippen molar-refractivity contribution < 1.29 is 19.9 Å². The Kier molecular flexibility index (Phi) is 5.46. The maximum Gasteiger partial charge on any atom is 0.287 e. The van der Waals surface area contributed by atoms with E-state index in [0.29, 0.717) is 6.54 Å². The molecule has 0 spiro atoms. The van der Waals surface area contributed by atoms with E-state index in [-0.39, 0.29) is 11.4 Å². The van der Waals surface area contributed by atoms with Crippen molar-refractivity contribution in [2.75, 3.05) is 13.2 Å². The third-order valence-electron chi connectivity index (χ3n) is 2.57. The lowest BCUT2D eigenvalue weighted by Gasteiger charge is -2.14. The van der Waals surface area contributed by atoms with E-state index in [1.165, 1.54) is 16.8 Å². The fourth-order valence-electron chi connectivity index (χ4n) is 1.62. The van der Waals surface area contributed by atoms with Crippen molar-refractivity contribution >= 4 is 11.6 Å². The molecule has 0 fully saturated rings. The average Bonchev–Trinajstić information content (AvgIpc) is 2.80. The number of nitrogens with zero attached hydrogens (tertiary/aromatic N) is 2. The lowest BCUT2D eigenvalue weighted by atomic mass is 10.3. The van der Waals surface area contributed by atoms with E-state index in [2.05, 4.69) is 5.32 Å². The van der Waals surface area contributed by atoms with E-state index < -0.39 is 30.1 Å². The second-order valence-corrected chi connectivity index (χ2v) is 4.07. The number of aliphatic hydroxyl groups excluding tert-OH is 2. The Morgan fingerprint density at radius 1 is 1.53 bits per heavy atom. The summed E-state index contributed by atoms with van der Waals surface area (Å²) < 4.78 is 1.49. The summed E-state index contributed by atoms with van der Waals surface area (Å²) in [6.45, 7) is 1.55. The van der Waals surface area contributed by atoms with Gasteiger partial charge in [0, 0.05) is 12.6 Å². The summed E-state index contributed by atoms with van der Waals surface area (Å²) in [5.41, 5.74) is -0.0244. The van der Waals surface area contributed by atoms with Crippen LogP contribution in [0.25, 0.3) is 0 Å². The predicted octanol–water partition coefficient (Wildman–Crippen LogP) is -0.111. The predicted molar refractivity (Wildman–Crippen MR) is 66.8 cm³/mol. The van der Waals surface area contributed by atoms with Crippen LogP contribution in [0.5, 0.6) is 0 Å². The molecule has 0 aliphatic heterocycles. The Hall–Kier alpha value is -1.93. The standard InChI is InChI=1S/C11H17N3O5/c1-2-3-13-5-9(14(18)19)4-10(13)11(17)12-8(6-15)7-16/h4-5,8,15-16H,2-3,6-7H2,1H3,(H,12,17). The number of aliphatic hydroxyl groups is 2. The molecule has 8 heteroatoms. The topological polar surface area (TPSA) is 118 Å². The molecule has 0 saturated carbocycles. The number of hydrogen-bond donors (Lipinski definition) is 3. The molecule has 106 valence electrons. The molecule has 0 aliphatic rings. The fourth-order valence-corrected chi connectivity index (χ4v) is 1.62. The van der Waals surface area contributed by atoms with Crippen LogP contribution in [-0.2, 0) is 6.54 Å². The number of aromatic nitrogens is 1. The minimum absolute atomic E-state index is 0.139. The van der Waals surface area contributed by atoms with Crippen molar-refractivity contribution in [2.45, 2.75) is 25.9 Å². The minimum atomic E-state index is -0.781. The normalized spacial score (nSPS) is 10.7. The van der Waals surface area contributed by atoms with Gasteiger partial charge >= 0.3 is 0 Å². The van der Waals surface area contributed by atoms with Gasteiger partial charge in [-0.25, -0.2) is 0 Å². The highest BCUT2D eigenvalue weighted by Gasteiger charge is 2.20. The summed E-state index contributed by atoms with van der Waals surface area (Å²) in [5.74, 6) is -0.561. The van der Waals surface area contributed by atoms with Gasteiger partial charge in [-0.1, -0.05) is 6.92 Å². The van der Waals surface area contributed by atoms with E-state index in [1.807, 2.05) is 6.92 Å². The van der Waals surface area contributed by atoms with Crippen LogP contribution < -0.4 is 5.32 Å². The quantitative estimate of drug-likeness (QED) is 0.472. The van der Waals surface area contributed by atoms with Gasteiger partial charge in [-0.05, 0) is 6.42 Å². The Morgan fingerprint density at radius 3 is 2.63 bits per heavy atom. The molecule has 0 bridgehead atoms. The van der Waals surface area contributed by atoms with Gasteiger partial charge in [-0.15, -0.1) is 0 Å². The highest BCUT2D eigenvalue weighted by molar-refractivity contribution is 5.93. The summed E-state index contributed by atoms with van der Waals surface area (Å²) in [6, 6.07) is 0.396. The van der Waals surface area contributed by atoms with Crippen LogP contribution in [0.1, 0.15) is 23.8 Å². The number of carbonyl (C=O) groups is 1. The maximum atomic E-state index is 11.9. The number of amides is 1. The largest absolute Gasteiger partial charge is 0.394 e. The van der Waals surface area contributed by atoms with Gasteiger partial charge in [0.15, 0.2) is 0 Å². The third kappa shape index (κ3) is 3.76. The molecule has 8 nitrogen and oxygen atoms in total. The summed E-state index contributed by atoms with van der Waals surface area (Å²) in [5, 5.41) is 30.9. The van der Waals surface area contributed by atoms with Crippen molar-refractivity contribution in [1.29, 1.82) is 0 Å². The smallest absolute Gasteiger partial charge is 0.287 e. The summed E-state index contributed by atoms with van der Waals surface area (Å²) >= 11 is 0. The molecule has 1 heterocycles. The van der Waals surface area contributed by atoms with Gasteiger partial charge < -0.3 is 20.1 Å². The van der Waals surface area contributed by atoms with Gasteiger partial charge in [0.25, 0.3) is 11.6 Å². The number of rotatable bonds is 7. The van der Waals surface area contributed by atoms with Crippen molar-refractivity contribution in [3.8, 4) is 0 Å². The number of nitro groups is 1. The summed E-state index contributed by atoms with van der Waals surface area (Å²) in [6.07, 6.45) is 2.01. The van der Waals surface area contributed by atoms with Crippen LogP contribution in [-0.4, -0.2) is 44.9 Å². The molecule has 0 unspecified atom stereocenters. The molecule has 1 aromatic rings. The molecule has 1 amide bonds. The van der Waals surface area contributed by atoms with E-state index in [9.17, 15) is 14.9 Å². The molecule has 19 heavy (non-hydrogen) atoms. The second kappa shape index (κ2) is 6.86. The van der Waals surface area contributed by atoms with Crippen molar-refractivity contribution in [3.63, 3.8) is 0 Å². The van der Waals surface area contributed by atoms with Crippen LogP contribution in [0.2, 0.25) is 0 Å². The molecule has 0 saturated heterocycles. The summed E-state index contributed by atoms with van der Waals surface area (Å²) in [7, 11) is 0. The zero-order valence-electron chi connectivity index (χ0n) is 10.6. The third-order valence-corrected chi connectivity index (χ3v) is 2.57. The first kappa shape index (κ1) is 15.1. The van der Waals surface area contributed by atoms with E-state index in [4.69, 9.17) is 10.2 Å². The highest BCUT2D eigenvalue weighted by atomic mass is 16.6. The van der Waals surface area contributed by atoms with Crippen LogP contribution >= 0.6 is 0 Å². The van der Waals surface area contributed by atoms with Gasteiger partial charge in [0.2, 0.25) is 0 Å². The SMILES string of the molecule is CCCn1cc([N+](=O)[O-])cc1C(=O)NC(CO)CO. The van der Waals surface area contributed by atoms with Gasteiger partial charge in [0.1, 0.15) is 5.69 Å². The Balaban J connectivity index is 2.96. The van der Waals surface area contributed by atoms with Crippen LogP contribution in [0.15, 0.2) is 12.3 Å². The molecular formula is C11H17N3O5. The van der Waals surface area contributed by atoms with Crippen molar-refractivity contribution in [3.05, 3.63) is 28.1 Å². The van der Waals surface area contributed by atoms with Gasteiger partial charge in [0.05, 0.1) is 30.4 Å². The Bertz CT molecular complexity index is 453. The molecule has 3 N–H and O–H groups in total. The number of aryl methyl sites for hydroxylation is 1. The summed E-state index contributed by atoms with van der Waals surface area (Å²) in [4.78, 5) is 22.1. The van der Waals surface area contributed by atoms with E-state index in [0.717, 1.165) is 6.42 Å². The van der Waals surface area contributed by atoms with Crippen LogP contribution in [0.3, 0.4) is 0 Å². The first-order valence-electron chi connectivity index (χ1n) is 5.90. The highest BCUT2D eigenvalue weighted by Crippen LogP contribution is 2.17. The zero-order chi connectivity index (χ0) is 14.4. The first-order valence-corrected chi connectivity index (χ1v) is 5.90. The number of nitrogens with one attached hydrogen (secondary N) is 1. The number of hydrogen-bond acceptors (Lipinski definition) is 5. The molecule has 0 radical (unpaired) electrons. The second-order valence-electron chi connectivity index (χ2n) is 4.07. The molecular weight excluding hydrogens is 254 g/mol. The molecule has 1 aromatic heterocycles. The Morgan fingerprint density at radius 2 is 2.16 bits per heavy atom. The zero-order valence-corrected chi connectivity index (χ0v) is 10.6. The lowest BCUT2D eigenvalue weighted by molar-refractivity contribution is -0.384. The lowest BCUT2D eigenvalue weighted by Crippen LogP contribution is -2.40.